The average Bonchev–Trinajstić information content (AvgIpc) is 2.97. The Balaban J connectivity index is 1.94. The lowest BCUT2D eigenvalue weighted by Crippen LogP contribution is -2.22. The van der Waals surface area contributed by atoms with Gasteiger partial charge < -0.3 is 5.32 Å². The number of aromatic nitrogens is 3. The van der Waals surface area contributed by atoms with Gasteiger partial charge in [-0.25, -0.2) is 9.97 Å². The van der Waals surface area contributed by atoms with Crippen molar-refractivity contribution in [3.8, 4) is 5.82 Å². The van der Waals surface area contributed by atoms with Crippen molar-refractivity contribution in [2.75, 3.05) is 0 Å². The van der Waals surface area contributed by atoms with E-state index < -0.39 is 0 Å². The van der Waals surface area contributed by atoms with Gasteiger partial charge in [0.15, 0.2) is 0 Å². The molecule has 0 saturated carbocycles. The molecule has 0 atom stereocenters. The Hall–Kier alpha value is -2.17. The van der Waals surface area contributed by atoms with Gasteiger partial charge in [0.25, 0.3) is 0 Å². The molecular formula is C14H18N4O. The van der Waals surface area contributed by atoms with Crippen LogP contribution in [0.2, 0.25) is 0 Å². The molecule has 1 amide bonds. The summed E-state index contributed by atoms with van der Waals surface area (Å²) >= 11 is 0. The summed E-state index contributed by atoms with van der Waals surface area (Å²) in [6.45, 7) is 2.61. The van der Waals surface area contributed by atoms with Crippen LogP contribution in [0.3, 0.4) is 0 Å². The summed E-state index contributed by atoms with van der Waals surface area (Å²) in [6, 6.07) is 3.85. The maximum atomic E-state index is 11.5. The molecule has 2 aromatic heterocycles. The predicted molar refractivity (Wildman–Crippen MR) is 72.7 cm³/mol. The Morgan fingerprint density at radius 3 is 3.05 bits per heavy atom. The molecule has 2 aromatic rings. The van der Waals surface area contributed by atoms with Crippen molar-refractivity contribution in [2.24, 2.45) is 0 Å². The van der Waals surface area contributed by atoms with Gasteiger partial charge in [-0.15, -0.1) is 0 Å². The molecule has 5 heteroatoms. The van der Waals surface area contributed by atoms with Crippen molar-refractivity contribution in [1.29, 1.82) is 0 Å². The molecule has 0 unspecified atom stereocenters. The fourth-order valence-electron chi connectivity index (χ4n) is 1.73. The van der Waals surface area contributed by atoms with Gasteiger partial charge in [0.05, 0.1) is 0 Å². The standard InChI is InChI=1S/C14H18N4O/c1-2-3-4-14(19)17-10-12-5-6-16-13(9-12)18-8-7-15-11-18/h5-9,11H,2-4,10H2,1H3,(H,17,19). The second-order valence-electron chi connectivity index (χ2n) is 4.37. The van der Waals surface area contributed by atoms with E-state index in [4.69, 9.17) is 0 Å². The monoisotopic (exact) mass is 258 g/mol. The van der Waals surface area contributed by atoms with E-state index in [1.807, 2.05) is 22.9 Å². The molecule has 0 aliphatic carbocycles. The Morgan fingerprint density at radius 2 is 2.32 bits per heavy atom. The van der Waals surface area contributed by atoms with Gasteiger partial charge >= 0.3 is 0 Å². The molecule has 0 aliphatic rings. The van der Waals surface area contributed by atoms with Crippen molar-refractivity contribution in [3.05, 3.63) is 42.6 Å². The molecule has 5 nitrogen and oxygen atoms in total. The molecule has 0 spiro atoms. The average molecular weight is 258 g/mol. The molecule has 0 aliphatic heterocycles. The molecule has 0 fully saturated rings. The number of carbonyl (C=O) groups is 1. The molecule has 1 N–H and O–H groups in total. The lowest BCUT2D eigenvalue weighted by atomic mass is 10.2. The van der Waals surface area contributed by atoms with E-state index in [0.29, 0.717) is 13.0 Å². The summed E-state index contributed by atoms with van der Waals surface area (Å²) < 4.78 is 1.84. The van der Waals surface area contributed by atoms with Gasteiger partial charge in [-0.2, -0.15) is 0 Å². The highest BCUT2D eigenvalue weighted by molar-refractivity contribution is 5.75. The van der Waals surface area contributed by atoms with Crippen LogP contribution in [0.15, 0.2) is 37.1 Å². The minimum absolute atomic E-state index is 0.0999. The first-order valence-corrected chi connectivity index (χ1v) is 6.49. The number of nitrogens with zero attached hydrogens (tertiary/aromatic N) is 3. The maximum absolute atomic E-state index is 11.5. The van der Waals surface area contributed by atoms with Crippen molar-refractivity contribution in [1.82, 2.24) is 19.9 Å². The fourth-order valence-corrected chi connectivity index (χ4v) is 1.73. The Kier molecular flexibility index (Phi) is 4.66. The normalized spacial score (nSPS) is 10.4. The number of rotatable bonds is 6. The lowest BCUT2D eigenvalue weighted by Gasteiger charge is -2.07. The molecule has 0 aromatic carbocycles. The third kappa shape index (κ3) is 3.91. The number of carbonyl (C=O) groups excluding carboxylic acids is 1. The van der Waals surface area contributed by atoms with E-state index in [-0.39, 0.29) is 5.91 Å². The van der Waals surface area contributed by atoms with Crippen LogP contribution in [0.5, 0.6) is 0 Å². The smallest absolute Gasteiger partial charge is 0.220 e. The van der Waals surface area contributed by atoms with Crippen LogP contribution < -0.4 is 5.32 Å². The first-order valence-electron chi connectivity index (χ1n) is 6.49. The number of amides is 1. The largest absolute Gasteiger partial charge is 0.352 e. The van der Waals surface area contributed by atoms with Crippen molar-refractivity contribution in [2.45, 2.75) is 32.7 Å². The number of pyridine rings is 1. The summed E-state index contributed by atoms with van der Waals surface area (Å²) in [5.41, 5.74) is 1.03. The summed E-state index contributed by atoms with van der Waals surface area (Å²) in [5, 5.41) is 2.91. The zero-order valence-corrected chi connectivity index (χ0v) is 11.0. The predicted octanol–water partition coefficient (Wildman–Crippen LogP) is 2.07. The lowest BCUT2D eigenvalue weighted by molar-refractivity contribution is -0.121. The molecule has 0 saturated heterocycles. The Bertz CT molecular complexity index is 522. The molecule has 19 heavy (non-hydrogen) atoms. The second kappa shape index (κ2) is 6.68. The van der Waals surface area contributed by atoms with E-state index in [2.05, 4.69) is 22.2 Å². The zero-order valence-electron chi connectivity index (χ0n) is 11.0. The van der Waals surface area contributed by atoms with Gasteiger partial charge in [0, 0.05) is 31.6 Å². The minimum Gasteiger partial charge on any atom is -0.352 e. The molecule has 2 rings (SSSR count). The fraction of sp³-hybridized carbons (Fsp3) is 0.357. The highest BCUT2D eigenvalue weighted by atomic mass is 16.1. The van der Waals surface area contributed by atoms with E-state index in [0.717, 1.165) is 24.2 Å². The minimum atomic E-state index is 0.0999. The SMILES string of the molecule is CCCCC(=O)NCc1ccnc(-n2ccnc2)c1. The summed E-state index contributed by atoms with van der Waals surface area (Å²) in [7, 11) is 0. The van der Waals surface area contributed by atoms with E-state index in [1.54, 1.807) is 18.7 Å². The number of nitrogens with one attached hydrogen (secondary N) is 1. The number of hydrogen-bond acceptors (Lipinski definition) is 3. The molecule has 0 radical (unpaired) electrons. The quantitative estimate of drug-likeness (QED) is 0.863. The third-order valence-electron chi connectivity index (χ3n) is 2.83. The molecular weight excluding hydrogens is 240 g/mol. The summed E-state index contributed by atoms with van der Waals surface area (Å²) in [4.78, 5) is 19.8. The summed E-state index contributed by atoms with van der Waals surface area (Å²) in [6.07, 6.45) is 9.55. The highest BCUT2D eigenvalue weighted by Gasteiger charge is 2.02. The molecule has 2 heterocycles. The third-order valence-corrected chi connectivity index (χ3v) is 2.83. The van der Waals surface area contributed by atoms with Gasteiger partial charge in [-0.05, 0) is 24.1 Å². The van der Waals surface area contributed by atoms with Crippen LogP contribution in [-0.2, 0) is 11.3 Å². The maximum Gasteiger partial charge on any atom is 0.220 e. The Labute approximate surface area is 112 Å². The highest BCUT2D eigenvalue weighted by Crippen LogP contribution is 2.06. The number of imidazole rings is 1. The van der Waals surface area contributed by atoms with Crippen molar-refractivity contribution >= 4 is 5.91 Å². The van der Waals surface area contributed by atoms with Crippen LogP contribution in [-0.4, -0.2) is 20.4 Å². The zero-order chi connectivity index (χ0) is 13.5. The van der Waals surface area contributed by atoms with E-state index in [9.17, 15) is 4.79 Å². The summed E-state index contributed by atoms with van der Waals surface area (Å²) in [5.74, 6) is 0.903. The second-order valence-corrected chi connectivity index (χ2v) is 4.37. The number of hydrogen-bond donors (Lipinski definition) is 1. The Morgan fingerprint density at radius 1 is 1.42 bits per heavy atom. The van der Waals surface area contributed by atoms with Crippen LogP contribution in [0.4, 0.5) is 0 Å². The van der Waals surface area contributed by atoms with Crippen LogP contribution in [0.1, 0.15) is 31.7 Å². The van der Waals surface area contributed by atoms with E-state index in [1.165, 1.54) is 0 Å². The molecule has 100 valence electrons. The number of unbranched alkanes of at least 4 members (excludes halogenated alkanes) is 1. The van der Waals surface area contributed by atoms with Crippen molar-refractivity contribution in [3.63, 3.8) is 0 Å². The molecule has 0 bridgehead atoms. The first-order chi connectivity index (χ1) is 9.29. The van der Waals surface area contributed by atoms with Crippen LogP contribution in [0.25, 0.3) is 5.82 Å². The van der Waals surface area contributed by atoms with Gasteiger partial charge in [-0.3, -0.25) is 9.36 Å². The van der Waals surface area contributed by atoms with Gasteiger partial charge in [0.1, 0.15) is 12.1 Å². The van der Waals surface area contributed by atoms with Crippen LogP contribution >= 0.6 is 0 Å². The van der Waals surface area contributed by atoms with Crippen LogP contribution in [0, 0.1) is 0 Å². The first kappa shape index (κ1) is 13.3. The van der Waals surface area contributed by atoms with Gasteiger partial charge in [-0.1, -0.05) is 13.3 Å². The van der Waals surface area contributed by atoms with E-state index >= 15 is 0 Å². The van der Waals surface area contributed by atoms with Gasteiger partial charge in [0.2, 0.25) is 5.91 Å². The van der Waals surface area contributed by atoms with Crippen molar-refractivity contribution < 1.29 is 4.79 Å². The topological polar surface area (TPSA) is 59.8 Å².